The van der Waals surface area contributed by atoms with E-state index < -0.39 is 0 Å². The number of ether oxygens (including phenoxy) is 2. The van der Waals surface area contributed by atoms with Crippen LogP contribution in [0.3, 0.4) is 0 Å². The first-order valence-electron chi connectivity index (χ1n) is 9.15. The molecular formula is C21H21ClN2O3S2. The zero-order valence-corrected chi connectivity index (χ0v) is 18.5. The highest BCUT2D eigenvalue weighted by molar-refractivity contribution is 7.10. The Morgan fingerprint density at radius 2 is 2.03 bits per heavy atom. The number of carbonyl (C=O) groups is 1. The van der Waals surface area contributed by atoms with Gasteiger partial charge in [-0.2, -0.15) is 0 Å². The molecule has 0 saturated heterocycles. The average Bonchev–Trinajstić information content (AvgIpc) is 3.40. The Bertz CT molecular complexity index is 1000. The van der Waals surface area contributed by atoms with Crippen molar-refractivity contribution in [1.82, 2.24) is 4.90 Å². The summed E-state index contributed by atoms with van der Waals surface area (Å²) in [6.07, 6.45) is 0.959. The molecule has 1 amide bonds. The van der Waals surface area contributed by atoms with Gasteiger partial charge in [-0.15, -0.1) is 22.7 Å². The van der Waals surface area contributed by atoms with Crippen molar-refractivity contribution in [2.45, 2.75) is 12.5 Å². The lowest BCUT2D eigenvalue weighted by atomic mass is 9.98. The topological polar surface area (TPSA) is 50.8 Å². The highest BCUT2D eigenvalue weighted by Gasteiger charge is 2.31. The fourth-order valence-corrected chi connectivity index (χ4v) is 5.66. The zero-order chi connectivity index (χ0) is 20.4. The number of benzene rings is 1. The largest absolute Gasteiger partial charge is 0.495 e. The number of hydrogen-bond donors (Lipinski definition) is 1. The maximum atomic E-state index is 12.9. The molecule has 3 heterocycles. The van der Waals surface area contributed by atoms with Gasteiger partial charge in [0.1, 0.15) is 11.5 Å². The maximum absolute atomic E-state index is 12.9. The van der Waals surface area contributed by atoms with Gasteiger partial charge >= 0.3 is 0 Å². The second-order valence-electron chi connectivity index (χ2n) is 6.67. The van der Waals surface area contributed by atoms with E-state index in [-0.39, 0.29) is 18.5 Å². The van der Waals surface area contributed by atoms with Gasteiger partial charge in [0, 0.05) is 28.4 Å². The molecule has 2 aromatic heterocycles. The summed E-state index contributed by atoms with van der Waals surface area (Å²) in [6, 6.07) is 9.81. The van der Waals surface area contributed by atoms with E-state index in [0.717, 1.165) is 13.0 Å². The molecule has 5 nitrogen and oxygen atoms in total. The van der Waals surface area contributed by atoms with Gasteiger partial charge in [0.25, 0.3) is 0 Å². The Morgan fingerprint density at radius 3 is 2.76 bits per heavy atom. The van der Waals surface area contributed by atoms with Crippen LogP contribution in [0.2, 0.25) is 5.02 Å². The Morgan fingerprint density at radius 1 is 1.21 bits per heavy atom. The number of anilines is 1. The molecular weight excluding hydrogens is 428 g/mol. The second-order valence-corrected chi connectivity index (χ2v) is 9.06. The Kier molecular flexibility index (Phi) is 6.10. The smallest absolute Gasteiger partial charge is 0.238 e. The van der Waals surface area contributed by atoms with Crippen LogP contribution in [-0.2, 0) is 11.2 Å². The monoisotopic (exact) mass is 448 g/mol. The van der Waals surface area contributed by atoms with Crippen molar-refractivity contribution < 1.29 is 14.3 Å². The molecule has 0 fully saturated rings. The van der Waals surface area contributed by atoms with Crippen LogP contribution < -0.4 is 14.8 Å². The van der Waals surface area contributed by atoms with Crippen molar-refractivity contribution in [3.05, 3.63) is 61.4 Å². The number of nitrogens with one attached hydrogen (secondary N) is 1. The van der Waals surface area contributed by atoms with Crippen molar-refractivity contribution in [3.8, 4) is 11.5 Å². The Balaban J connectivity index is 1.55. The normalized spacial score (nSPS) is 16.3. The number of amides is 1. The van der Waals surface area contributed by atoms with Gasteiger partial charge in [-0.05, 0) is 34.9 Å². The van der Waals surface area contributed by atoms with Gasteiger partial charge in [0.15, 0.2) is 0 Å². The minimum atomic E-state index is -0.104. The third-order valence-corrected chi connectivity index (χ3v) is 7.19. The molecule has 1 atom stereocenters. The summed E-state index contributed by atoms with van der Waals surface area (Å²) in [5, 5.41) is 7.61. The number of nitrogens with zero attached hydrogens (tertiary/aromatic N) is 1. The molecule has 1 aliphatic heterocycles. The van der Waals surface area contributed by atoms with Gasteiger partial charge < -0.3 is 14.8 Å². The SMILES string of the molecule is COc1cc(NC(=O)CN2CCc3sccc3[C@H]2c2cccs2)c(OC)cc1Cl. The van der Waals surface area contributed by atoms with Crippen LogP contribution in [0.25, 0.3) is 0 Å². The molecule has 1 N–H and O–H groups in total. The lowest BCUT2D eigenvalue weighted by Gasteiger charge is -2.34. The summed E-state index contributed by atoms with van der Waals surface area (Å²) < 4.78 is 10.6. The molecule has 0 spiro atoms. The average molecular weight is 449 g/mol. The van der Waals surface area contributed by atoms with Crippen LogP contribution in [0, 0.1) is 0 Å². The molecule has 152 valence electrons. The molecule has 1 aromatic carbocycles. The summed E-state index contributed by atoms with van der Waals surface area (Å²) in [7, 11) is 3.08. The Hall–Kier alpha value is -2.06. The minimum Gasteiger partial charge on any atom is -0.495 e. The van der Waals surface area contributed by atoms with E-state index in [1.54, 1.807) is 41.9 Å². The van der Waals surface area contributed by atoms with Crippen LogP contribution in [-0.4, -0.2) is 38.1 Å². The van der Waals surface area contributed by atoms with Crippen LogP contribution >= 0.6 is 34.3 Å². The number of rotatable bonds is 6. The first-order chi connectivity index (χ1) is 14.1. The van der Waals surface area contributed by atoms with Crippen molar-refractivity contribution in [2.75, 3.05) is 32.6 Å². The van der Waals surface area contributed by atoms with Gasteiger partial charge in [-0.25, -0.2) is 0 Å². The second kappa shape index (κ2) is 8.75. The van der Waals surface area contributed by atoms with E-state index in [1.165, 1.54) is 22.4 Å². The number of hydrogen-bond acceptors (Lipinski definition) is 6. The van der Waals surface area contributed by atoms with Crippen molar-refractivity contribution in [3.63, 3.8) is 0 Å². The fourth-order valence-electron chi connectivity index (χ4n) is 3.65. The quantitative estimate of drug-likeness (QED) is 0.572. The molecule has 4 rings (SSSR count). The lowest BCUT2D eigenvalue weighted by molar-refractivity contribution is -0.117. The van der Waals surface area contributed by atoms with E-state index in [2.05, 4.69) is 39.2 Å². The van der Waals surface area contributed by atoms with Crippen molar-refractivity contribution >= 4 is 45.9 Å². The van der Waals surface area contributed by atoms with Crippen LogP contribution in [0.5, 0.6) is 11.5 Å². The van der Waals surface area contributed by atoms with Crippen molar-refractivity contribution in [1.29, 1.82) is 0 Å². The molecule has 1 aliphatic rings. The van der Waals surface area contributed by atoms with Crippen LogP contribution in [0.1, 0.15) is 21.4 Å². The van der Waals surface area contributed by atoms with Gasteiger partial charge in [0.2, 0.25) is 5.91 Å². The fraction of sp³-hybridized carbons (Fsp3) is 0.286. The zero-order valence-electron chi connectivity index (χ0n) is 16.1. The van der Waals surface area contributed by atoms with Crippen LogP contribution in [0.4, 0.5) is 5.69 Å². The first kappa shape index (κ1) is 20.2. The minimum absolute atomic E-state index is 0.104. The molecule has 0 saturated carbocycles. The highest BCUT2D eigenvalue weighted by atomic mass is 35.5. The molecule has 3 aromatic rings. The number of thiophene rings is 2. The van der Waals surface area contributed by atoms with Crippen molar-refractivity contribution in [2.24, 2.45) is 0 Å². The molecule has 0 bridgehead atoms. The summed E-state index contributed by atoms with van der Waals surface area (Å²) in [6.45, 7) is 1.12. The van der Waals surface area contributed by atoms with Gasteiger partial charge in [-0.3, -0.25) is 9.69 Å². The van der Waals surface area contributed by atoms with Gasteiger partial charge in [-0.1, -0.05) is 17.7 Å². The Labute approximate surface area is 182 Å². The lowest BCUT2D eigenvalue weighted by Crippen LogP contribution is -2.40. The summed E-state index contributed by atoms with van der Waals surface area (Å²) >= 11 is 9.68. The standard InChI is InChI=1S/C21H21ClN2O3S2/c1-26-16-11-15(17(27-2)10-14(16)22)23-20(25)12-24-7-5-18-13(6-9-29-18)21(24)19-4-3-8-28-19/h3-4,6,8-11,21H,5,7,12H2,1-2H3,(H,23,25)/t21-/m0/s1. The van der Waals surface area contributed by atoms with E-state index in [0.29, 0.717) is 22.2 Å². The van der Waals surface area contributed by atoms with Gasteiger partial charge in [0.05, 0.1) is 37.5 Å². The predicted octanol–water partition coefficient (Wildman–Crippen LogP) is 5.07. The van der Waals surface area contributed by atoms with E-state index in [9.17, 15) is 4.79 Å². The van der Waals surface area contributed by atoms with E-state index in [4.69, 9.17) is 21.1 Å². The highest BCUT2D eigenvalue weighted by Crippen LogP contribution is 2.40. The molecule has 29 heavy (non-hydrogen) atoms. The first-order valence-corrected chi connectivity index (χ1v) is 11.3. The third-order valence-electron chi connectivity index (χ3n) is 4.97. The third kappa shape index (κ3) is 4.14. The predicted molar refractivity (Wildman–Crippen MR) is 119 cm³/mol. The number of halogens is 1. The molecule has 0 aliphatic carbocycles. The molecule has 0 unspecified atom stereocenters. The number of fused-ring (bicyclic) bond motifs is 1. The molecule has 8 heteroatoms. The van der Waals surface area contributed by atoms with Crippen LogP contribution in [0.15, 0.2) is 41.1 Å². The summed E-state index contributed by atoms with van der Waals surface area (Å²) in [5.41, 5.74) is 1.85. The molecule has 0 radical (unpaired) electrons. The summed E-state index contributed by atoms with van der Waals surface area (Å²) in [4.78, 5) is 17.8. The summed E-state index contributed by atoms with van der Waals surface area (Å²) in [5.74, 6) is 0.880. The maximum Gasteiger partial charge on any atom is 0.238 e. The van der Waals surface area contributed by atoms with E-state index >= 15 is 0 Å². The number of carbonyl (C=O) groups excluding carboxylic acids is 1. The van der Waals surface area contributed by atoms with E-state index in [1.807, 2.05) is 0 Å². The number of methoxy groups -OCH3 is 2.